The number of carbonyl (C=O) groups is 1. The summed E-state index contributed by atoms with van der Waals surface area (Å²) < 4.78 is 15.7. The van der Waals surface area contributed by atoms with Gasteiger partial charge in [0.25, 0.3) is 0 Å². The largest absolute Gasteiger partial charge is 0.493 e. The van der Waals surface area contributed by atoms with Gasteiger partial charge in [0.2, 0.25) is 5.75 Å². The van der Waals surface area contributed by atoms with E-state index in [-0.39, 0.29) is 0 Å². The van der Waals surface area contributed by atoms with Crippen LogP contribution < -0.4 is 14.2 Å². The maximum Gasteiger partial charge on any atom is 0.365 e. The number of hydrogen-bond acceptors (Lipinski definition) is 6. The molecule has 2 aromatic carbocycles. The van der Waals surface area contributed by atoms with Gasteiger partial charge in [-0.2, -0.15) is 0 Å². The monoisotopic (exact) mass is 349 g/mol. The minimum absolute atomic E-state index is 0.349. The molecule has 2 rings (SSSR count). The molecule has 0 heterocycles. The minimum atomic E-state index is -0.588. The molecule has 0 aromatic heterocycles. The van der Waals surface area contributed by atoms with Crippen molar-refractivity contribution in [1.29, 1.82) is 0 Å². The van der Waals surface area contributed by atoms with Crippen LogP contribution >= 0.6 is 11.6 Å². The second kappa shape index (κ2) is 8.21. The van der Waals surface area contributed by atoms with Crippen molar-refractivity contribution in [2.24, 2.45) is 5.16 Å². The first-order chi connectivity index (χ1) is 11.6. The normalized spacial score (nSPS) is 10.5. The van der Waals surface area contributed by atoms with E-state index >= 15 is 0 Å². The van der Waals surface area contributed by atoms with Gasteiger partial charge in [0.05, 0.1) is 33.1 Å². The molecule has 0 atom stereocenters. The Morgan fingerprint density at radius 2 is 1.58 bits per heavy atom. The molecular weight excluding hydrogens is 334 g/mol. The lowest BCUT2D eigenvalue weighted by molar-refractivity contribution is 0.0519. The third kappa shape index (κ3) is 4.17. The van der Waals surface area contributed by atoms with Gasteiger partial charge in [-0.3, -0.25) is 0 Å². The Kier molecular flexibility index (Phi) is 6.03. The number of benzene rings is 2. The molecular formula is C17H16ClNO5. The molecule has 0 saturated carbocycles. The Bertz CT molecular complexity index is 718. The molecule has 0 aliphatic heterocycles. The molecule has 126 valence electrons. The molecule has 0 N–H and O–H groups in total. The van der Waals surface area contributed by atoms with Crippen LogP contribution in [0.4, 0.5) is 0 Å². The van der Waals surface area contributed by atoms with Gasteiger partial charge in [0.1, 0.15) is 0 Å². The van der Waals surface area contributed by atoms with Crippen molar-refractivity contribution in [3.05, 3.63) is 52.5 Å². The molecule has 0 radical (unpaired) electrons. The minimum Gasteiger partial charge on any atom is -0.493 e. The summed E-state index contributed by atoms with van der Waals surface area (Å²) in [6.45, 7) is 0. The van der Waals surface area contributed by atoms with Crippen molar-refractivity contribution in [3.8, 4) is 17.2 Å². The molecule has 7 heteroatoms. The van der Waals surface area contributed by atoms with Gasteiger partial charge in [-0.15, -0.1) is 0 Å². The van der Waals surface area contributed by atoms with Gasteiger partial charge in [-0.1, -0.05) is 16.8 Å². The van der Waals surface area contributed by atoms with Crippen molar-refractivity contribution in [2.75, 3.05) is 21.3 Å². The summed E-state index contributed by atoms with van der Waals surface area (Å²) in [5, 5.41) is 4.22. The van der Waals surface area contributed by atoms with Gasteiger partial charge < -0.3 is 19.0 Å². The molecule has 0 amide bonds. The second-order valence-electron chi connectivity index (χ2n) is 4.58. The second-order valence-corrected chi connectivity index (χ2v) is 5.02. The first kappa shape index (κ1) is 17.6. The summed E-state index contributed by atoms with van der Waals surface area (Å²) in [4.78, 5) is 16.7. The van der Waals surface area contributed by atoms with Crippen LogP contribution in [-0.2, 0) is 4.84 Å². The van der Waals surface area contributed by atoms with Crippen molar-refractivity contribution in [3.63, 3.8) is 0 Å². The Hall–Kier alpha value is -2.73. The van der Waals surface area contributed by atoms with Crippen LogP contribution in [0.5, 0.6) is 17.2 Å². The number of nitrogens with zero attached hydrogens (tertiary/aromatic N) is 1. The van der Waals surface area contributed by atoms with Crippen molar-refractivity contribution in [1.82, 2.24) is 0 Å². The van der Waals surface area contributed by atoms with E-state index in [2.05, 4.69) is 5.16 Å². The van der Waals surface area contributed by atoms with Crippen LogP contribution in [0, 0.1) is 0 Å². The highest BCUT2D eigenvalue weighted by atomic mass is 35.5. The zero-order valence-electron chi connectivity index (χ0n) is 13.4. The quantitative estimate of drug-likeness (QED) is 0.453. The van der Waals surface area contributed by atoms with Gasteiger partial charge in [0, 0.05) is 10.6 Å². The lowest BCUT2D eigenvalue weighted by atomic mass is 10.2. The SMILES string of the molecule is COc1cc(/C=N/OC(=O)c2ccc(Cl)cc2)cc(OC)c1OC. The number of halogens is 1. The van der Waals surface area contributed by atoms with Crippen molar-refractivity contribution in [2.45, 2.75) is 0 Å². The molecule has 0 aliphatic rings. The molecule has 0 fully saturated rings. The number of methoxy groups -OCH3 is 3. The maximum absolute atomic E-state index is 11.8. The average molecular weight is 350 g/mol. The first-order valence-electron chi connectivity index (χ1n) is 6.89. The number of rotatable bonds is 6. The van der Waals surface area contributed by atoms with Gasteiger partial charge >= 0.3 is 5.97 Å². The summed E-state index contributed by atoms with van der Waals surface area (Å²) in [6, 6.07) is 9.67. The predicted octanol–water partition coefficient (Wildman–Crippen LogP) is 3.56. The van der Waals surface area contributed by atoms with Crippen LogP contribution in [-0.4, -0.2) is 33.5 Å². The zero-order chi connectivity index (χ0) is 17.5. The Morgan fingerprint density at radius 1 is 1.00 bits per heavy atom. The summed E-state index contributed by atoms with van der Waals surface area (Å²) in [7, 11) is 4.54. The first-order valence-corrected chi connectivity index (χ1v) is 7.27. The van der Waals surface area contributed by atoms with Gasteiger partial charge in [-0.25, -0.2) is 4.79 Å². The topological polar surface area (TPSA) is 66.4 Å². The maximum atomic E-state index is 11.8. The smallest absolute Gasteiger partial charge is 0.365 e. The van der Waals surface area contributed by atoms with Crippen LogP contribution in [0.25, 0.3) is 0 Å². The summed E-state index contributed by atoms with van der Waals surface area (Å²) in [6.07, 6.45) is 1.37. The highest BCUT2D eigenvalue weighted by Gasteiger charge is 2.12. The molecule has 0 bridgehead atoms. The van der Waals surface area contributed by atoms with E-state index < -0.39 is 5.97 Å². The van der Waals surface area contributed by atoms with E-state index in [4.69, 9.17) is 30.6 Å². The van der Waals surface area contributed by atoms with Gasteiger partial charge in [0.15, 0.2) is 11.5 Å². The highest BCUT2D eigenvalue weighted by molar-refractivity contribution is 6.30. The van der Waals surface area contributed by atoms with Crippen molar-refractivity contribution < 1.29 is 23.8 Å². The zero-order valence-corrected chi connectivity index (χ0v) is 14.2. The fourth-order valence-corrected chi connectivity index (χ4v) is 2.08. The van der Waals surface area contributed by atoms with Crippen LogP contribution in [0.3, 0.4) is 0 Å². The molecule has 2 aromatic rings. The third-order valence-corrected chi connectivity index (χ3v) is 3.36. The summed E-state index contributed by atoms with van der Waals surface area (Å²) in [5.74, 6) is 0.829. The van der Waals surface area contributed by atoms with Gasteiger partial charge in [-0.05, 0) is 36.4 Å². The van der Waals surface area contributed by atoms with Crippen LogP contribution in [0.2, 0.25) is 5.02 Å². The van der Waals surface area contributed by atoms with Crippen LogP contribution in [0.15, 0.2) is 41.6 Å². The third-order valence-electron chi connectivity index (χ3n) is 3.10. The average Bonchev–Trinajstić information content (AvgIpc) is 2.61. The Morgan fingerprint density at radius 3 is 2.08 bits per heavy atom. The number of carbonyl (C=O) groups excluding carboxylic acids is 1. The Labute approximate surface area is 144 Å². The molecule has 0 aliphatic carbocycles. The Balaban J connectivity index is 2.14. The molecule has 6 nitrogen and oxygen atoms in total. The van der Waals surface area contributed by atoms with E-state index in [0.717, 1.165) is 0 Å². The van der Waals surface area contributed by atoms with E-state index in [1.54, 1.807) is 36.4 Å². The molecule has 0 spiro atoms. The fourth-order valence-electron chi connectivity index (χ4n) is 1.95. The van der Waals surface area contributed by atoms with Crippen LogP contribution in [0.1, 0.15) is 15.9 Å². The van der Waals surface area contributed by atoms with E-state index in [0.29, 0.717) is 33.4 Å². The fraction of sp³-hybridized carbons (Fsp3) is 0.176. The number of oxime groups is 1. The summed E-state index contributed by atoms with van der Waals surface area (Å²) in [5.41, 5.74) is 0.967. The standard InChI is InChI=1S/C17H16ClNO5/c1-21-14-8-11(9-15(22-2)16(14)23-3)10-19-24-17(20)12-4-6-13(18)7-5-12/h4-10H,1-3H3/b19-10+. The van der Waals surface area contributed by atoms with E-state index in [9.17, 15) is 4.79 Å². The van der Waals surface area contributed by atoms with E-state index in [1.807, 2.05) is 0 Å². The van der Waals surface area contributed by atoms with Crippen molar-refractivity contribution >= 4 is 23.8 Å². The lowest BCUT2D eigenvalue weighted by Gasteiger charge is -2.12. The number of ether oxygens (including phenoxy) is 3. The lowest BCUT2D eigenvalue weighted by Crippen LogP contribution is -2.01. The molecule has 0 saturated heterocycles. The molecule has 0 unspecified atom stereocenters. The van der Waals surface area contributed by atoms with E-state index in [1.165, 1.54) is 27.5 Å². The predicted molar refractivity (Wildman–Crippen MR) is 90.6 cm³/mol. The molecule has 24 heavy (non-hydrogen) atoms. The number of hydrogen-bond donors (Lipinski definition) is 0. The highest BCUT2D eigenvalue weighted by Crippen LogP contribution is 2.37. The summed E-state index contributed by atoms with van der Waals surface area (Å²) >= 11 is 5.77.